The third-order valence-electron chi connectivity index (χ3n) is 4.81. The van der Waals surface area contributed by atoms with Crippen LogP contribution in [0.3, 0.4) is 0 Å². The van der Waals surface area contributed by atoms with Crippen molar-refractivity contribution in [3.8, 4) is 0 Å². The zero-order valence-corrected chi connectivity index (χ0v) is 14.2. The molecule has 0 amide bonds. The number of halogens is 1. The molecule has 3 heterocycles. The first kappa shape index (κ1) is 15.4. The van der Waals surface area contributed by atoms with Crippen molar-refractivity contribution in [1.82, 2.24) is 9.97 Å². The Hall–Kier alpha value is -1.15. The molecule has 1 aromatic heterocycles. The van der Waals surface area contributed by atoms with Crippen molar-refractivity contribution in [3.63, 3.8) is 0 Å². The van der Waals surface area contributed by atoms with Gasteiger partial charge in [-0.1, -0.05) is 11.6 Å². The Labute approximate surface area is 140 Å². The van der Waals surface area contributed by atoms with Gasteiger partial charge in [0.15, 0.2) is 16.8 Å². The van der Waals surface area contributed by atoms with E-state index in [4.69, 9.17) is 25.8 Å². The monoisotopic (exact) mass is 340 g/mol. The van der Waals surface area contributed by atoms with Crippen molar-refractivity contribution >= 4 is 23.1 Å². The Morgan fingerprint density at radius 1 is 1.39 bits per heavy atom. The summed E-state index contributed by atoms with van der Waals surface area (Å²) in [6.45, 7) is 5.23. The van der Waals surface area contributed by atoms with E-state index in [1.807, 2.05) is 13.8 Å². The molecule has 3 aliphatic rings. The van der Waals surface area contributed by atoms with Gasteiger partial charge in [-0.15, -0.1) is 0 Å². The summed E-state index contributed by atoms with van der Waals surface area (Å²) in [4.78, 5) is 10.7. The molecule has 4 rings (SSSR count). The summed E-state index contributed by atoms with van der Waals surface area (Å²) < 4.78 is 17.7. The molecule has 1 saturated heterocycles. The molecule has 1 aliphatic carbocycles. The lowest BCUT2D eigenvalue weighted by Crippen LogP contribution is -2.43. The molecule has 0 bridgehead atoms. The van der Waals surface area contributed by atoms with Gasteiger partial charge in [0, 0.05) is 13.0 Å². The highest BCUT2D eigenvalue weighted by Gasteiger charge is 2.56. The van der Waals surface area contributed by atoms with Gasteiger partial charge < -0.3 is 24.4 Å². The van der Waals surface area contributed by atoms with Crippen molar-refractivity contribution in [2.75, 3.05) is 30.6 Å². The second-order valence-electron chi connectivity index (χ2n) is 6.75. The Bertz CT molecular complexity index is 614. The normalized spacial score (nSPS) is 34.3. The van der Waals surface area contributed by atoms with E-state index in [2.05, 4.69) is 20.2 Å². The van der Waals surface area contributed by atoms with Crippen molar-refractivity contribution < 1.29 is 14.2 Å². The molecule has 1 aromatic rings. The lowest BCUT2D eigenvalue weighted by molar-refractivity contribution is -0.159. The first-order chi connectivity index (χ1) is 11.0. The van der Waals surface area contributed by atoms with Gasteiger partial charge in [0.25, 0.3) is 0 Å². The van der Waals surface area contributed by atoms with Crippen molar-refractivity contribution in [2.24, 2.45) is 5.92 Å². The topological polar surface area (TPSA) is 68.7 Å². The van der Waals surface area contributed by atoms with Crippen molar-refractivity contribution in [2.45, 2.75) is 44.3 Å². The molecule has 0 spiro atoms. The summed E-state index contributed by atoms with van der Waals surface area (Å²) in [7, 11) is 1.73. The van der Waals surface area contributed by atoms with Crippen LogP contribution in [0.15, 0.2) is 6.33 Å². The minimum atomic E-state index is -0.570. The number of nitrogens with zero attached hydrogens (tertiary/aromatic N) is 3. The van der Waals surface area contributed by atoms with Crippen LogP contribution in [-0.2, 0) is 14.2 Å². The zero-order chi connectivity index (χ0) is 16.2. The van der Waals surface area contributed by atoms with Crippen LogP contribution in [-0.4, -0.2) is 54.4 Å². The fourth-order valence-corrected chi connectivity index (χ4v) is 4.17. The van der Waals surface area contributed by atoms with Crippen molar-refractivity contribution in [3.05, 3.63) is 11.5 Å². The fourth-order valence-electron chi connectivity index (χ4n) is 3.98. The fraction of sp³-hybridized carbons (Fsp3) is 0.733. The summed E-state index contributed by atoms with van der Waals surface area (Å²) >= 11 is 6.16. The molecular weight excluding hydrogens is 320 g/mol. The summed E-state index contributed by atoms with van der Waals surface area (Å²) in [5.74, 6) is 0.567. The second kappa shape index (κ2) is 5.44. The molecule has 23 heavy (non-hydrogen) atoms. The van der Waals surface area contributed by atoms with Gasteiger partial charge >= 0.3 is 0 Å². The molecule has 1 saturated carbocycles. The number of hydrogen-bond acceptors (Lipinski definition) is 7. The van der Waals surface area contributed by atoms with Crippen LogP contribution >= 0.6 is 11.6 Å². The van der Waals surface area contributed by atoms with Crippen LogP contribution in [0.5, 0.6) is 0 Å². The number of rotatable bonds is 3. The minimum Gasteiger partial charge on any atom is -0.384 e. The third kappa shape index (κ3) is 2.46. The smallest absolute Gasteiger partial charge is 0.163 e. The highest BCUT2D eigenvalue weighted by molar-refractivity contribution is 6.32. The Morgan fingerprint density at radius 3 is 2.96 bits per heavy atom. The predicted octanol–water partition coefficient (Wildman–Crippen LogP) is 1.87. The first-order valence-corrected chi connectivity index (χ1v) is 8.23. The largest absolute Gasteiger partial charge is 0.384 e. The Balaban J connectivity index is 1.64. The Kier molecular flexibility index (Phi) is 3.64. The maximum Gasteiger partial charge on any atom is 0.163 e. The number of nitrogens with one attached hydrogen (secondary N) is 1. The van der Waals surface area contributed by atoms with E-state index >= 15 is 0 Å². The molecule has 7 nitrogen and oxygen atoms in total. The van der Waals surface area contributed by atoms with E-state index in [0.29, 0.717) is 24.3 Å². The maximum atomic E-state index is 6.20. The molecule has 0 unspecified atom stereocenters. The average molecular weight is 341 g/mol. The van der Waals surface area contributed by atoms with Gasteiger partial charge in [0.1, 0.15) is 18.1 Å². The molecule has 8 heteroatoms. The second-order valence-corrected chi connectivity index (χ2v) is 7.11. The van der Waals surface area contributed by atoms with Crippen LogP contribution in [0.1, 0.15) is 20.3 Å². The maximum absolute atomic E-state index is 6.20. The van der Waals surface area contributed by atoms with Crippen LogP contribution in [0.4, 0.5) is 11.5 Å². The summed E-state index contributed by atoms with van der Waals surface area (Å²) in [6, 6.07) is 0.168. The molecule has 1 N–H and O–H groups in total. The van der Waals surface area contributed by atoms with Crippen LogP contribution in [0.25, 0.3) is 0 Å². The molecular formula is C15H21ClN4O3. The van der Waals surface area contributed by atoms with Crippen LogP contribution < -0.4 is 10.2 Å². The van der Waals surface area contributed by atoms with E-state index in [0.717, 1.165) is 17.9 Å². The minimum absolute atomic E-state index is 0.00774. The quantitative estimate of drug-likeness (QED) is 0.842. The van der Waals surface area contributed by atoms with E-state index < -0.39 is 5.79 Å². The van der Waals surface area contributed by atoms with E-state index in [1.54, 1.807) is 7.11 Å². The first-order valence-electron chi connectivity index (χ1n) is 7.86. The van der Waals surface area contributed by atoms with E-state index in [-0.39, 0.29) is 18.2 Å². The number of fused-ring (bicyclic) bond motifs is 2. The van der Waals surface area contributed by atoms with Gasteiger partial charge in [-0.3, -0.25) is 0 Å². The van der Waals surface area contributed by atoms with E-state index in [1.165, 1.54) is 6.33 Å². The van der Waals surface area contributed by atoms with Gasteiger partial charge in [0.2, 0.25) is 0 Å². The average Bonchev–Trinajstić information content (AvgIpc) is 3.13. The standard InChI is InChI=1S/C15H21ClN4O3/c1-15(2)22-11-8(5-21-3)4-9(12(11)23-15)20-7-19-10-13(16)17-6-18-14(10)20/h6,8-9,11-12,19H,4-5,7H2,1-3H3/t8-,9-,11-,12+/m1/s1. The van der Waals surface area contributed by atoms with Gasteiger partial charge in [-0.2, -0.15) is 0 Å². The predicted molar refractivity (Wildman–Crippen MR) is 85.6 cm³/mol. The van der Waals surface area contributed by atoms with Crippen molar-refractivity contribution in [1.29, 1.82) is 0 Å². The lowest BCUT2D eigenvalue weighted by atomic mass is 10.1. The van der Waals surface area contributed by atoms with E-state index in [9.17, 15) is 0 Å². The number of aromatic nitrogens is 2. The SMILES string of the molecule is COC[C@H]1C[C@@H](N2CNc3c(Cl)ncnc32)[C@@H]2OC(C)(C)O[C@H]12. The zero-order valence-electron chi connectivity index (χ0n) is 13.5. The number of methoxy groups -OCH3 is 1. The Morgan fingerprint density at radius 2 is 2.17 bits per heavy atom. The van der Waals surface area contributed by atoms with Gasteiger partial charge in [-0.05, 0) is 20.3 Å². The molecule has 0 aromatic carbocycles. The molecule has 4 atom stereocenters. The number of ether oxygens (including phenoxy) is 3. The number of hydrogen-bond donors (Lipinski definition) is 1. The van der Waals surface area contributed by atoms with Gasteiger partial charge in [-0.25, -0.2) is 9.97 Å². The van der Waals surface area contributed by atoms with Gasteiger partial charge in [0.05, 0.1) is 25.4 Å². The number of anilines is 2. The third-order valence-corrected chi connectivity index (χ3v) is 5.10. The molecule has 126 valence electrons. The summed E-state index contributed by atoms with van der Waals surface area (Å²) in [5, 5.41) is 3.73. The lowest BCUT2D eigenvalue weighted by Gasteiger charge is -2.30. The highest BCUT2D eigenvalue weighted by Crippen LogP contribution is 2.46. The van der Waals surface area contributed by atoms with Crippen LogP contribution in [0, 0.1) is 5.92 Å². The molecule has 0 radical (unpaired) electrons. The van der Waals surface area contributed by atoms with Crippen LogP contribution in [0.2, 0.25) is 5.15 Å². The molecule has 2 fully saturated rings. The molecule has 2 aliphatic heterocycles. The summed E-state index contributed by atoms with van der Waals surface area (Å²) in [6.07, 6.45) is 2.46. The highest BCUT2D eigenvalue weighted by atomic mass is 35.5. The summed E-state index contributed by atoms with van der Waals surface area (Å²) in [5.41, 5.74) is 0.791.